The van der Waals surface area contributed by atoms with Crippen molar-refractivity contribution in [3.8, 4) is 0 Å². The van der Waals surface area contributed by atoms with E-state index in [1.807, 2.05) is 30.3 Å². The molecule has 2 aromatic heterocycles. The van der Waals surface area contributed by atoms with E-state index < -0.39 is 0 Å². The third kappa shape index (κ3) is 1.78. The van der Waals surface area contributed by atoms with Crippen LogP contribution in [0.15, 0.2) is 41.5 Å². The summed E-state index contributed by atoms with van der Waals surface area (Å²) >= 11 is 5.89. The minimum absolute atomic E-state index is 0.205. The van der Waals surface area contributed by atoms with Crippen molar-refractivity contribution in [1.82, 2.24) is 19.7 Å². The molecule has 3 rings (SSSR count). The third-order valence-electron chi connectivity index (χ3n) is 2.70. The van der Waals surface area contributed by atoms with Crippen molar-refractivity contribution in [2.45, 2.75) is 6.54 Å². The number of aromatic amines is 1. The lowest BCUT2D eigenvalue weighted by atomic mass is 10.2. The zero-order valence-electron chi connectivity index (χ0n) is 9.30. The molecule has 0 aliphatic carbocycles. The molecule has 0 amide bonds. The molecule has 0 aliphatic heterocycles. The monoisotopic (exact) mass is 260 g/mol. The van der Waals surface area contributed by atoms with E-state index in [1.54, 1.807) is 10.9 Å². The van der Waals surface area contributed by atoms with Gasteiger partial charge in [0.25, 0.3) is 5.56 Å². The Kier molecular flexibility index (Phi) is 2.60. The van der Waals surface area contributed by atoms with Gasteiger partial charge < -0.3 is 4.57 Å². The first-order valence-corrected chi connectivity index (χ1v) is 5.76. The number of hydrogen-bond donors (Lipinski definition) is 1. The quantitative estimate of drug-likeness (QED) is 0.764. The Bertz CT molecular complexity index is 748. The van der Waals surface area contributed by atoms with E-state index in [9.17, 15) is 4.79 Å². The van der Waals surface area contributed by atoms with Crippen molar-refractivity contribution in [3.63, 3.8) is 0 Å². The smallest absolute Gasteiger partial charge is 0.290 e. The van der Waals surface area contributed by atoms with E-state index in [1.165, 1.54) is 0 Å². The van der Waals surface area contributed by atoms with Crippen molar-refractivity contribution >= 4 is 22.6 Å². The van der Waals surface area contributed by atoms with E-state index >= 15 is 0 Å². The fourth-order valence-electron chi connectivity index (χ4n) is 1.88. The number of rotatable bonds is 2. The third-order valence-corrected chi connectivity index (χ3v) is 2.96. The summed E-state index contributed by atoms with van der Waals surface area (Å²) in [6.45, 7) is 0.570. The molecule has 1 aromatic carbocycles. The summed E-state index contributed by atoms with van der Waals surface area (Å²) in [7, 11) is 0. The van der Waals surface area contributed by atoms with Gasteiger partial charge in [-0.05, 0) is 5.56 Å². The normalized spacial score (nSPS) is 10.9. The first-order chi connectivity index (χ1) is 8.75. The highest BCUT2D eigenvalue weighted by atomic mass is 35.5. The maximum Gasteiger partial charge on any atom is 0.290 e. The average Bonchev–Trinajstić information content (AvgIpc) is 2.80. The predicted octanol–water partition coefficient (Wildman–Crippen LogP) is 1.82. The zero-order valence-corrected chi connectivity index (χ0v) is 10.1. The molecule has 3 aromatic rings. The molecule has 0 atom stereocenters. The molecule has 5 nitrogen and oxygen atoms in total. The second-order valence-corrected chi connectivity index (χ2v) is 4.26. The van der Waals surface area contributed by atoms with E-state index in [4.69, 9.17) is 11.6 Å². The van der Waals surface area contributed by atoms with Crippen LogP contribution in [-0.2, 0) is 6.54 Å². The molecule has 6 heteroatoms. The molecule has 1 N–H and O–H groups in total. The molecule has 0 unspecified atom stereocenters. The number of nitrogens with zero attached hydrogens (tertiary/aromatic N) is 3. The molecular weight excluding hydrogens is 252 g/mol. The molecule has 2 heterocycles. The fraction of sp³-hybridized carbons (Fsp3) is 0.0833. The Morgan fingerprint density at radius 1 is 1.28 bits per heavy atom. The van der Waals surface area contributed by atoms with Crippen molar-refractivity contribution in [3.05, 3.63) is 57.7 Å². The highest BCUT2D eigenvalue weighted by Crippen LogP contribution is 2.16. The molecule has 0 bridgehead atoms. The van der Waals surface area contributed by atoms with Crippen molar-refractivity contribution < 1.29 is 0 Å². The zero-order chi connectivity index (χ0) is 12.5. The van der Waals surface area contributed by atoms with Crippen LogP contribution >= 0.6 is 11.6 Å². The molecule has 0 fully saturated rings. The van der Waals surface area contributed by atoms with Gasteiger partial charge in [-0.2, -0.15) is 5.10 Å². The van der Waals surface area contributed by atoms with E-state index in [-0.39, 0.29) is 10.7 Å². The van der Waals surface area contributed by atoms with Crippen LogP contribution in [0.2, 0.25) is 5.15 Å². The fourth-order valence-corrected chi connectivity index (χ4v) is 2.06. The van der Waals surface area contributed by atoms with Gasteiger partial charge in [-0.25, -0.2) is 10.1 Å². The van der Waals surface area contributed by atoms with Crippen LogP contribution in [0.3, 0.4) is 0 Å². The van der Waals surface area contributed by atoms with Crippen LogP contribution in [0.5, 0.6) is 0 Å². The molecule has 0 saturated carbocycles. The van der Waals surface area contributed by atoms with Crippen LogP contribution in [0, 0.1) is 0 Å². The van der Waals surface area contributed by atoms with Gasteiger partial charge in [0.05, 0.1) is 6.33 Å². The van der Waals surface area contributed by atoms with E-state index in [2.05, 4.69) is 15.2 Å². The molecule has 18 heavy (non-hydrogen) atoms. The van der Waals surface area contributed by atoms with E-state index in [0.717, 1.165) is 5.56 Å². The average molecular weight is 261 g/mol. The van der Waals surface area contributed by atoms with Crippen LogP contribution < -0.4 is 5.56 Å². The summed E-state index contributed by atoms with van der Waals surface area (Å²) < 4.78 is 1.76. The van der Waals surface area contributed by atoms with Gasteiger partial charge in [0, 0.05) is 6.54 Å². The lowest BCUT2D eigenvalue weighted by Crippen LogP contribution is -2.13. The topological polar surface area (TPSA) is 63.6 Å². The molecule has 0 aliphatic rings. The first-order valence-electron chi connectivity index (χ1n) is 5.38. The van der Waals surface area contributed by atoms with Gasteiger partial charge >= 0.3 is 0 Å². The highest BCUT2D eigenvalue weighted by Gasteiger charge is 2.11. The van der Waals surface area contributed by atoms with Crippen LogP contribution in [0.25, 0.3) is 11.0 Å². The number of benzene rings is 1. The Hall–Kier alpha value is -2.14. The largest absolute Gasteiger partial charge is 0.321 e. The van der Waals surface area contributed by atoms with Crippen molar-refractivity contribution in [2.75, 3.05) is 0 Å². The summed E-state index contributed by atoms with van der Waals surface area (Å²) in [6, 6.07) is 9.83. The lowest BCUT2D eigenvalue weighted by molar-refractivity contribution is 0.817. The number of nitrogens with one attached hydrogen (secondary N) is 1. The Labute approximate surface area is 107 Å². The van der Waals surface area contributed by atoms with Crippen molar-refractivity contribution in [2.24, 2.45) is 0 Å². The second kappa shape index (κ2) is 4.27. The number of hydrogen-bond acceptors (Lipinski definition) is 3. The molecule has 0 radical (unpaired) electrons. The summed E-state index contributed by atoms with van der Waals surface area (Å²) in [5.74, 6) is 0. The number of H-pyrrole nitrogens is 1. The summed E-state index contributed by atoms with van der Waals surface area (Å²) in [5, 5.41) is 6.24. The molecule has 90 valence electrons. The van der Waals surface area contributed by atoms with Gasteiger partial charge in [0.2, 0.25) is 0 Å². The van der Waals surface area contributed by atoms with Gasteiger partial charge in [0.15, 0.2) is 5.15 Å². The van der Waals surface area contributed by atoms with Crippen LogP contribution in [0.4, 0.5) is 0 Å². The van der Waals surface area contributed by atoms with Crippen LogP contribution in [0.1, 0.15) is 5.56 Å². The summed E-state index contributed by atoms with van der Waals surface area (Å²) in [5.41, 5.74) is 1.67. The lowest BCUT2D eigenvalue weighted by Gasteiger charge is -2.03. The van der Waals surface area contributed by atoms with Crippen molar-refractivity contribution in [1.29, 1.82) is 0 Å². The molecular formula is C12H9ClN4O. The highest BCUT2D eigenvalue weighted by molar-refractivity contribution is 6.33. The Balaban J connectivity index is 2.14. The second-order valence-electron chi connectivity index (χ2n) is 3.90. The maximum atomic E-state index is 11.8. The standard InChI is InChI=1S/C12H9ClN4O/c13-11-9-10(12(18)16-15-11)17(7-14-9)6-8-4-2-1-3-5-8/h1-5,7H,6H2,(H,16,18). The minimum atomic E-state index is -0.289. The predicted molar refractivity (Wildman–Crippen MR) is 68.7 cm³/mol. The van der Waals surface area contributed by atoms with Gasteiger partial charge in [-0.15, -0.1) is 0 Å². The first kappa shape index (κ1) is 11.0. The van der Waals surface area contributed by atoms with E-state index in [0.29, 0.717) is 17.6 Å². The molecule has 0 spiro atoms. The number of fused-ring (bicyclic) bond motifs is 1. The Morgan fingerprint density at radius 3 is 2.83 bits per heavy atom. The number of aromatic nitrogens is 4. The van der Waals surface area contributed by atoms with Crippen LogP contribution in [-0.4, -0.2) is 19.7 Å². The summed E-state index contributed by atoms with van der Waals surface area (Å²) in [6.07, 6.45) is 1.60. The molecule has 0 saturated heterocycles. The number of halogens is 1. The van der Waals surface area contributed by atoms with Gasteiger partial charge in [-0.3, -0.25) is 4.79 Å². The minimum Gasteiger partial charge on any atom is -0.321 e. The SMILES string of the molecule is O=c1[nH]nc(Cl)c2ncn(Cc3ccccc3)c12. The summed E-state index contributed by atoms with van der Waals surface area (Å²) in [4.78, 5) is 15.9. The number of imidazole rings is 1. The maximum absolute atomic E-state index is 11.8. The van der Waals surface area contributed by atoms with Gasteiger partial charge in [-0.1, -0.05) is 41.9 Å². The van der Waals surface area contributed by atoms with Gasteiger partial charge in [0.1, 0.15) is 11.0 Å². The Morgan fingerprint density at radius 2 is 2.06 bits per heavy atom.